The second-order valence-electron chi connectivity index (χ2n) is 7.32. The van der Waals surface area contributed by atoms with Crippen LogP contribution in [0, 0.1) is 0 Å². The lowest BCUT2D eigenvalue weighted by molar-refractivity contribution is -0.129. The van der Waals surface area contributed by atoms with Crippen molar-refractivity contribution in [3.05, 3.63) is 113 Å². The largest absolute Gasteiger partial charge is 0.311 e. The highest BCUT2D eigenvalue weighted by Gasteiger charge is 2.28. The topological polar surface area (TPSA) is 61.8 Å². The lowest BCUT2D eigenvalue weighted by Crippen LogP contribution is -2.34. The van der Waals surface area contributed by atoms with E-state index in [1.165, 1.54) is 6.92 Å². The fourth-order valence-corrected chi connectivity index (χ4v) is 3.74. The Morgan fingerprint density at radius 2 is 1.45 bits per heavy atom. The Morgan fingerprint density at radius 3 is 2.06 bits per heavy atom. The monoisotopic (exact) mass is 409 g/mol. The number of hydrazone groups is 1. The van der Waals surface area contributed by atoms with Crippen LogP contribution in [0.3, 0.4) is 0 Å². The molecule has 0 aliphatic carbocycles. The lowest BCUT2D eigenvalue weighted by Gasteiger charge is -2.32. The molecule has 5 nitrogen and oxygen atoms in total. The molecular weight excluding hydrogens is 386 g/mol. The van der Waals surface area contributed by atoms with Gasteiger partial charge in [-0.25, -0.2) is 5.43 Å². The summed E-state index contributed by atoms with van der Waals surface area (Å²) >= 11 is 0. The van der Waals surface area contributed by atoms with Crippen LogP contribution in [0.15, 0.2) is 96.2 Å². The van der Waals surface area contributed by atoms with Crippen molar-refractivity contribution in [3.8, 4) is 0 Å². The number of carbonyl (C=O) groups excluding carboxylic acids is 2. The summed E-state index contributed by atoms with van der Waals surface area (Å²) in [5.41, 5.74) is 7.16. The molecule has 1 unspecified atom stereocenters. The SMILES string of the molecule is CC(=O)N1C=Cc2ccccc2C1CC(=O)NN=C(c1ccccc1)c1ccccc1. The van der Waals surface area contributed by atoms with Gasteiger partial charge in [0, 0.05) is 24.3 Å². The summed E-state index contributed by atoms with van der Waals surface area (Å²) in [7, 11) is 0. The first kappa shape index (κ1) is 20.3. The molecule has 0 saturated carbocycles. The van der Waals surface area contributed by atoms with Gasteiger partial charge in [0.2, 0.25) is 11.8 Å². The van der Waals surface area contributed by atoms with Crippen LogP contribution in [0.25, 0.3) is 6.08 Å². The van der Waals surface area contributed by atoms with E-state index in [1.54, 1.807) is 11.1 Å². The molecule has 4 rings (SSSR count). The summed E-state index contributed by atoms with van der Waals surface area (Å²) in [4.78, 5) is 26.6. The Hall–Kier alpha value is -3.99. The first-order valence-corrected chi connectivity index (χ1v) is 10.2. The van der Waals surface area contributed by atoms with Gasteiger partial charge >= 0.3 is 0 Å². The van der Waals surface area contributed by atoms with Crippen molar-refractivity contribution in [1.82, 2.24) is 10.3 Å². The number of fused-ring (bicyclic) bond motifs is 1. The molecule has 154 valence electrons. The summed E-state index contributed by atoms with van der Waals surface area (Å²) in [6.45, 7) is 1.50. The van der Waals surface area contributed by atoms with Crippen molar-refractivity contribution >= 4 is 23.6 Å². The van der Waals surface area contributed by atoms with Crippen LogP contribution in [-0.4, -0.2) is 22.4 Å². The highest BCUT2D eigenvalue weighted by molar-refractivity contribution is 6.13. The quantitative estimate of drug-likeness (QED) is 0.497. The molecule has 1 atom stereocenters. The minimum Gasteiger partial charge on any atom is -0.311 e. The van der Waals surface area contributed by atoms with Crippen molar-refractivity contribution < 1.29 is 9.59 Å². The third-order valence-corrected chi connectivity index (χ3v) is 5.23. The second-order valence-corrected chi connectivity index (χ2v) is 7.32. The molecule has 1 heterocycles. The first-order valence-electron chi connectivity index (χ1n) is 10.2. The van der Waals surface area contributed by atoms with Crippen LogP contribution in [0.4, 0.5) is 0 Å². The predicted molar refractivity (Wildman–Crippen MR) is 122 cm³/mol. The van der Waals surface area contributed by atoms with Crippen LogP contribution in [0.2, 0.25) is 0 Å². The van der Waals surface area contributed by atoms with Gasteiger partial charge in [0.15, 0.2) is 0 Å². The van der Waals surface area contributed by atoms with Gasteiger partial charge in [-0.2, -0.15) is 5.10 Å². The molecular formula is C26H23N3O2. The maximum Gasteiger partial charge on any atom is 0.242 e. The van der Waals surface area contributed by atoms with Gasteiger partial charge in [-0.3, -0.25) is 9.59 Å². The number of carbonyl (C=O) groups is 2. The Morgan fingerprint density at radius 1 is 0.871 bits per heavy atom. The van der Waals surface area contributed by atoms with E-state index in [1.807, 2.05) is 91.0 Å². The van der Waals surface area contributed by atoms with Crippen LogP contribution in [-0.2, 0) is 9.59 Å². The Labute approximate surface area is 181 Å². The molecule has 0 fully saturated rings. The highest BCUT2D eigenvalue weighted by Crippen LogP contribution is 2.32. The number of benzene rings is 3. The number of nitrogens with one attached hydrogen (secondary N) is 1. The molecule has 31 heavy (non-hydrogen) atoms. The van der Waals surface area contributed by atoms with E-state index in [9.17, 15) is 9.59 Å². The van der Waals surface area contributed by atoms with Gasteiger partial charge in [0.1, 0.15) is 0 Å². The molecule has 1 aliphatic heterocycles. The zero-order chi connectivity index (χ0) is 21.6. The number of hydrogen-bond acceptors (Lipinski definition) is 3. The fraction of sp³-hybridized carbons (Fsp3) is 0.115. The van der Waals surface area contributed by atoms with Crippen LogP contribution in [0.1, 0.15) is 41.6 Å². The van der Waals surface area contributed by atoms with E-state index >= 15 is 0 Å². The molecule has 0 aromatic heterocycles. The smallest absolute Gasteiger partial charge is 0.242 e. The minimum atomic E-state index is -0.370. The first-order chi connectivity index (χ1) is 15.1. The maximum absolute atomic E-state index is 12.9. The Kier molecular flexibility index (Phi) is 6.03. The van der Waals surface area contributed by atoms with Gasteiger partial charge < -0.3 is 4.90 Å². The average Bonchev–Trinajstić information content (AvgIpc) is 2.80. The number of hydrogen-bond donors (Lipinski definition) is 1. The average molecular weight is 409 g/mol. The molecule has 0 radical (unpaired) electrons. The molecule has 5 heteroatoms. The van der Waals surface area contributed by atoms with E-state index in [4.69, 9.17) is 0 Å². The van der Waals surface area contributed by atoms with Crippen molar-refractivity contribution in [2.24, 2.45) is 5.10 Å². The van der Waals surface area contributed by atoms with Gasteiger partial charge in [0.05, 0.1) is 18.2 Å². The van der Waals surface area contributed by atoms with E-state index in [0.717, 1.165) is 22.3 Å². The van der Waals surface area contributed by atoms with Crippen molar-refractivity contribution in [2.45, 2.75) is 19.4 Å². The zero-order valence-electron chi connectivity index (χ0n) is 17.2. The van der Waals surface area contributed by atoms with Gasteiger partial charge in [-0.05, 0) is 17.2 Å². The molecule has 2 amide bonds. The third-order valence-electron chi connectivity index (χ3n) is 5.23. The normalized spacial score (nSPS) is 14.5. The summed E-state index contributed by atoms with van der Waals surface area (Å²) in [5, 5.41) is 4.45. The van der Waals surface area contributed by atoms with Crippen LogP contribution < -0.4 is 5.43 Å². The molecule has 3 aromatic carbocycles. The van der Waals surface area contributed by atoms with Crippen LogP contribution in [0.5, 0.6) is 0 Å². The van der Waals surface area contributed by atoms with E-state index < -0.39 is 0 Å². The number of nitrogens with zero attached hydrogens (tertiary/aromatic N) is 2. The van der Waals surface area contributed by atoms with E-state index in [-0.39, 0.29) is 24.3 Å². The summed E-state index contributed by atoms with van der Waals surface area (Å²) in [6, 6.07) is 26.9. The minimum absolute atomic E-state index is 0.110. The zero-order valence-corrected chi connectivity index (χ0v) is 17.2. The van der Waals surface area contributed by atoms with Crippen molar-refractivity contribution in [1.29, 1.82) is 0 Å². The molecule has 1 aliphatic rings. The highest BCUT2D eigenvalue weighted by atomic mass is 16.2. The van der Waals surface area contributed by atoms with E-state index in [0.29, 0.717) is 5.71 Å². The molecule has 0 bridgehead atoms. The fourth-order valence-electron chi connectivity index (χ4n) is 3.74. The van der Waals surface area contributed by atoms with Gasteiger partial charge in [-0.1, -0.05) is 84.9 Å². The Balaban J connectivity index is 1.58. The van der Waals surface area contributed by atoms with Crippen molar-refractivity contribution in [3.63, 3.8) is 0 Å². The predicted octanol–water partition coefficient (Wildman–Crippen LogP) is 4.52. The Bertz CT molecular complexity index is 1100. The molecule has 0 spiro atoms. The molecule has 3 aromatic rings. The van der Waals surface area contributed by atoms with Crippen molar-refractivity contribution in [2.75, 3.05) is 0 Å². The summed E-state index contributed by atoms with van der Waals surface area (Å²) in [6.07, 6.45) is 3.75. The van der Waals surface area contributed by atoms with Gasteiger partial charge in [0.25, 0.3) is 0 Å². The maximum atomic E-state index is 12.9. The number of rotatable bonds is 5. The lowest BCUT2D eigenvalue weighted by atomic mass is 9.93. The number of amides is 2. The van der Waals surface area contributed by atoms with E-state index in [2.05, 4.69) is 10.5 Å². The molecule has 0 saturated heterocycles. The standard InChI is InChI=1S/C26H23N3O2/c1-19(30)29-17-16-20-10-8-9-15-23(20)24(29)18-25(31)27-28-26(21-11-4-2-5-12-21)22-13-6-3-7-14-22/h2-17,24H,18H2,1H3,(H,27,31). The third kappa shape index (κ3) is 4.61. The second kappa shape index (κ2) is 9.22. The summed E-state index contributed by atoms with van der Waals surface area (Å²) in [5.74, 6) is -0.368. The van der Waals surface area contributed by atoms with Gasteiger partial charge in [-0.15, -0.1) is 0 Å². The summed E-state index contributed by atoms with van der Waals surface area (Å²) < 4.78 is 0. The van der Waals surface area contributed by atoms with Crippen LogP contribution >= 0.6 is 0 Å². The molecule has 1 N–H and O–H groups in total.